The second-order valence-corrected chi connectivity index (χ2v) is 8.37. The van der Waals surface area contributed by atoms with Crippen LogP contribution in [0, 0.1) is 5.92 Å². The van der Waals surface area contributed by atoms with Crippen LogP contribution in [0.3, 0.4) is 0 Å². The van der Waals surface area contributed by atoms with Gasteiger partial charge >= 0.3 is 11.9 Å². The van der Waals surface area contributed by atoms with E-state index in [2.05, 4.69) is 0 Å². The topological polar surface area (TPSA) is 112 Å². The summed E-state index contributed by atoms with van der Waals surface area (Å²) in [5.74, 6) is -2.18. The number of β-lactam (4-membered cyclic amide) rings is 1. The van der Waals surface area contributed by atoms with Crippen molar-refractivity contribution in [2.24, 2.45) is 5.92 Å². The predicted octanol–water partition coefficient (Wildman–Crippen LogP) is 0.512. The van der Waals surface area contributed by atoms with E-state index in [0.29, 0.717) is 24.5 Å². The molecule has 0 bridgehead atoms. The van der Waals surface area contributed by atoms with Crippen molar-refractivity contribution >= 4 is 29.6 Å². The van der Waals surface area contributed by atoms with Gasteiger partial charge in [0.05, 0.1) is 18.1 Å². The molecule has 0 aromatic heterocycles. The minimum atomic E-state index is -0.810. The van der Waals surface area contributed by atoms with E-state index in [9.17, 15) is 19.5 Å². The van der Waals surface area contributed by atoms with Crippen LogP contribution in [0.2, 0.25) is 0 Å². The van der Waals surface area contributed by atoms with Crippen molar-refractivity contribution in [3.63, 3.8) is 0 Å². The Morgan fingerprint density at radius 2 is 2.00 bits per heavy atom. The normalized spacial score (nSPS) is 32.9. The van der Waals surface area contributed by atoms with Crippen molar-refractivity contribution in [3.05, 3.63) is 10.6 Å². The molecule has 4 heterocycles. The van der Waals surface area contributed by atoms with Gasteiger partial charge in [-0.15, -0.1) is 0 Å². The van der Waals surface area contributed by atoms with Crippen LogP contribution in [0.5, 0.6) is 0 Å². The molecular formula is C18H23NO8S. The molecule has 9 nitrogen and oxygen atoms in total. The number of fused-ring (bicyclic) bond motifs is 1. The van der Waals surface area contributed by atoms with E-state index in [0.717, 1.165) is 19.3 Å². The average molecular weight is 413 g/mol. The summed E-state index contributed by atoms with van der Waals surface area (Å²) in [6.45, 7) is 2.12. The molecule has 28 heavy (non-hydrogen) atoms. The molecule has 4 aliphatic heterocycles. The fourth-order valence-corrected chi connectivity index (χ4v) is 5.57. The van der Waals surface area contributed by atoms with Crippen molar-refractivity contribution in [1.29, 1.82) is 0 Å². The minimum absolute atomic E-state index is 0.136. The summed E-state index contributed by atoms with van der Waals surface area (Å²) in [7, 11) is 0. The lowest BCUT2D eigenvalue weighted by Crippen LogP contribution is -2.60. The molecule has 0 aliphatic carbocycles. The van der Waals surface area contributed by atoms with E-state index < -0.39 is 36.9 Å². The highest BCUT2D eigenvalue weighted by Crippen LogP contribution is 2.52. The number of aliphatic hydroxyl groups is 1. The second-order valence-electron chi connectivity index (χ2n) is 7.21. The Kier molecular flexibility index (Phi) is 5.64. The van der Waals surface area contributed by atoms with Gasteiger partial charge in [-0.1, -0.05) is 11.8 Å². The lowest BCUT2D eigenvalue weighted by Gasteiger charge is -2.43. The third-order valence-electron chi connectivity index (χ3n) is 5.33. The van der Waals surface area contributed by atoms with Crippen LogP contribution in [0.25, 0.3) is 0 Å². The molecule has 0 aromatic carbocycles. The average Bonchev–Trinajstić information content (AvgIpc) is 3.39. The molecule has 4 aliphatic rings. The van der Waals surface area contributed by atoms with Gasteiger partial charge in [-0.25, -0.2) is 9.59 Å². The molecule has 5 atom stereocenters. The number of rotatable bonds is 6. The Morgan fingerprint density at radius 3 is 2.64 bits per heavy atom. The van der Waals surface area contributed by atoms with E-state index >= 15 is 0 Å². The van der Waals surface area contributed by atoms with Crippen LogP contribution >= 0.6 is 11.8 Å². The zero-order valence-corrected chi connectivity index (χ0v) is 16.3. The Morgan fingerprint density at radius 1 is 1.25 bits per heavy atom. The maximum Gasteiger partial charge on any atom is 0.358 e. The Balaban J connectivity index is 1.43. The molecule has 10 heteroatoms. The fraction of sp³-hybridized carbons (Fsp3) is 0.722. The predicted molar refractivity (Wildman–Crippen MR) is 95.4 cm³/mol. The number of aliphatic hydroxyl groups excluding tert-OH is 1. The van der Waals surface area contributed by atoms with E-state index in [-0.39, 0.29) is 23.1 Å². The number of hydrogen-bond acceptors (Lipinski definition) is 9. The molecule has 0 saturated carbocycles. The largest absolute Gasteiger partial charge is 0.426 e. The van der Waals surface area contributed by atoms with Gasteiger partial charge in [0.1, 0.15) is 11.1 Å². The lowest BCUT2D eigenvalue weighted by molar-refractivity contribution is -0.175. The molecule has 3 saturated heterocycles. The molecule has 0 aromatic rings. The molecule has 0 spiro atoms. The fourth-order valence-electron chi connectivity index (χ4n) is 3.88. The maximum atomic E-state index is 12.7. The third-order valence-corrected chi connectivity index (χ3v) is 6.78. The molecule has 4 rings (SSSR count). The smallest absolute Gasteiger partial charge is 0.358 e. The highest BCUT2D eigenvalue weighted by molar-refractivity contribution is 8.04. The molecular weight excluding hydrogens is 390 g/mol. The summed E-state index contributed by atoms with van der Waals surface area (Å²) in [5.41, 5.74) is 0.136. The first-order valence-electron chi connectivity index (χ1n) is 9.48. The van der Waals surface area contributed by atoms with E-state index in [1.54, 1.807) is 6.92 Å². The monoisotopic (exact) mass is 413 g/mol. The van der Waals surface area contributed by atoms with Gasteiger partial charge in [0, 0.05) is 18.1 Å². The zero-order valence-electron chi connectivity index (χ0n) is 15.5. The highest BCUT2D eigenvalue weighted by atomic mass is 32.2. The van der Waals surface area contributed by atoms with Crippen LogP contribution in [0.1, 0.15) is 32.6 Å². The summed E-state index contributed by atoms with van der Waals surface area (Å²) in [6, 6.07) is 0. The van der Waals surface area contributed by atoms with Gasteiger partial charge in [0.25, 0.3) is 0 Å². The molecule has 2 unspecified atom stereocenters. The standard InChI is InChI=1S/C18H23NO8S/c1-9(20)12-15(21)19-13(14(28-16(12)19)10-4-2-6-24-10)18(23)27-8-26-17(22)11-5-3-7-25-11/h9-12,16,20H,2-8H2,1H3/t9-,10?,11?,12+,16-/m1/s1. The molecule has 0 radical (unpaired) electrons. The van der Waals surface area contributed by atoms with E-state index in [4.69, 9.17) is 18.9 Å². The molecule has 1 N–H and O–H groups in total. The van der Waals surface area contributed by atoms with Crippen LogP contribution in [-0.4, -0.2) is 71.5 Å². The summed E-state index contributed by atoms with van der Waals surface area (Å²) in [4.78, 5) is 39.0. The summed E-state index contributed by atoms with van der Waals surface area (Å²) in [5, 5.41) is 9.53. The van der Waals surface area contributed by atoms with Crippen molar-refractivity contribution in [3.8, 4) is 0 Å². The van der Waals surface area contributed by atoms with Crippen molar-refractivity contribution in [2.45, 2.75) is 56.3 Å². The number of ether oxygens (including phenoxy) is 4. The maximum absolute atomic E-state index is 12.7. The van der Waals surface area contributed by atoms with Gasteiger partial charge in [0.2, 0.25) is 12.7 Å². The summed E-state index contributed by atoms with van der Waals surface area (Å²) >= 11 is 1.37. The number of carbonyl (C=O) groups excluding carboxylic acids is 3. The van der Waals surface area contributed by atoms with Crippen LogP contribution in [-0.2, 0) is 33.3 Å². The first-order chi connectivity index (χ1) is 13.5. The van der Waals surface area contributed by atoms with Gasteiger partial charge < -0.3 is 24.1 Å². The first-order valence-corrected chi connectivity index (χ1v) is 10.4. The zero-order chi connectivity index (χ0) is 19.8. The molecule has 154 valence electrons. The minimum Gasteiger partial charge on any atom is -0.426 e. The lowest BCUT2D eigenvalue weighted by atomic mass is 9.92. The Labute approximate surface area is 166 Å². The molecule has 3 fully saturated rings. The van der Waals surface area contributed by atoms with E-state index in [1.807, 2.05) is 0 Å². The van der Waals surface area contributed by atoms with Gasteiger partial charge in [-0.05, 0) is 32.6 Å². The van der Waals surface area contributed by atoms with E-state index in [1.165, 1.54) is 16.7 Å². The van der Waals surface area contributed by atoms with Gasteiger partial charge in [-0.2, -0.15) is 0 Å². The third kappa shape index (κ3) is 3.42. The quantitative estimate of drug-likeness (QED) is 0.378. The summed E-state index contributed by atoms with van der Waals surface area (Å²) in [6.07, 6.45) is 1.30. The number of esters is 2. The first kappa shape index (κ1) is 19.7. The van der Waals surface area contributed by atoms with Crippen LogP contribution < -0.4 is 0 Å². The number of hydrogen-bond donors (Lipinski definition) is 1. The number of amides is 1. The van der Waals surface area contributed by atoms with Crippen LogP contribution in [0.15, 0.2) is 10.6 Å². The van der Waals surface area contributed by atoms with Crippen molar-refractivity contribution in [1.82, 2.24) is 4.90 Å². The Hall–Kier alpha value is -1.62. The van der Waals surface area contributed by atoms with Crippen molar-refractivity contribution in [2.75, 3.05) is 20.0 Å². The number of carbonyl (C=O) groups is 3. The van der Waals surface area contributed by atoms with Gasteiger partial charge in [0.15, 0.2) is 6.10 Å². The number of thioether (sulfide) groups is 1. The molecule has 1 amide bonds. The SMILES string of the molecule is C[C@@H](O)[C@H]1C(=O)N2C(C(=O)OCOC(=O)C3CCCO3)=C(C3CCCO3)S[C@H]12. The highest BCUT2D eigenvalue weighted by Gasteiger charge is 2.59. The summed E-state index contributed by atoms with van der Waals surface area (Å²) < 4.78 is 21.0. The van der Waals surface area contributed by atoms with Crippen LogP contribution in [0.4, 0.5) is 0 Å². The number of nitrogens with zero attached hydrogens (tertiary/aromatic N) is 1. The van der Waals surface area contributed by atoms with Gasteiger partial charge in [-0.3, -0.25) is 9.69 Å². The second kappa shape index (κ2) is 8.02. The Bertz CT molecular complexity index is 696. The van der Waals surface area contributed by atoms with Crippen molar-refractivity contribution < 1.29 is 38.4 Å².